The van der Waals surface area contributed by atoms with Gasteiger partial charge in [-0.3, -0.25) is 24.0 Å². The number of hydrogen-bond acceptors (Lipinski definition) is 8. The zero-order chi connectivity index (χ0) is 38.0. The SMILES string of the molecule is Brc1ccc(OCc2ccccc2)cc1.CC(=O)N[C@@H](CCCCN)C(=O)Nc1ccc(C(=O)N[C@@H](CC(=O)O)C(N)=O)c(-c2ccc(O)cc2)c1. The predicted octanol–water partition coefficient (Wildman–Crippen LogP) is 4.72. The number of nitrogens with one attached hydrogen (secondary N) is 3. The maximum Gasteiger partial charge on any atom is 0.305 e. The maximum absolute atomic E-state index is 13.0. The van der Waals surface area contributed by atoms with Crippen molar-refractivity contribution in [3.8, 4) is 22.6 Å². The first-order valence-electron chi connectivity index (χ1n) is 16.3. The quantitative estimate of drug-likeness (QED) is 0.0782. The van der Waals surface area contributed by atoms with Crippen molar-refractivity contribution in [2.75, 3.05) is 11.9 Å². The fraction of sp³-hybridized carbons (Fsp3) is 0.237. The summed E-state index contributed by atoms with van der Waals surface area (Å²) in [5.74, 6) is -3.03. The molecular formula is C38H42BrN5O8. The number of phenolic OH excluding ortho intramolecular Hbond substituents is 1. The van der Waals surface area contributed by atoms with Gasteiger partial charge in [0.25, 0.3) is 5.91 Å². The van der Waals surface area contributed by atoms with Gasteiger partial charge >= 0.3 is 5.97 Å². The highest BCUT2D eigenvalue weighted by atomic mass is 79.9. The Morgan fingerprint density at radius 2 is 1.52 bits per heavy atom. The molecule has 0 heterocycles. The van der Waals surface area contributed by atoms with E-state index in [0.717, 1.165) is 10.2 Å². The van der Waals surface area contributed by atoms with Crippen molar-refractivity contribution in [1.82, 2.24) is 10.6 Å². The zero-order valence-electron chi connectivity index (χ0n) is 28.5. The van der Waals surface area contributed by atoms with Crippen molar-refractivity contribution >= 4 is 51.2 Å². The van der Waals surface area contributed by atoms with Crippen molar-refractivity contribution in [2.24, 2.45) is 11.5 Å². The van der Waals surface area contributed by atoms with Crippen LogP contribution in [0, 0.1) is 0 Å². The molecule has 0 aliphatic heterocycles. The van der Waals surface area contributed by atoms with Crippen LogP contribution in [0.25, 0.3) is 11.1 Å². The molecule has 4 amide bonds. The fourth-order valence-electron chi connectivity index (χ4n) is 4.84. The third kappa shape index (κ3) is 13.9. The lowest BCUT2D eigenvalue weighted by atomic mass is 9.97. The van der Waals surface area contributed by atoms with Gasteiger partial charge in [-0.2, -0.15) is 0 Å². The van der Waals surface area contributed by atoms with E-state index >= 15 is 0 Å². The highest BCUT2D eigenvalue weighted by Gasteiger charge is 2.25. The van der Waals surface area contributed by atoms with E-state index in [9.17, 15) is 29.1 Å². The maximum atomic E-state index is 13.0. The summed E-state index contributed by atoms with van der Waals surface area (Å²) in [6.45, 7) is 2.38. The van der Waals surface area contributed by atoms with Gasteiger partial charge in [-0.05, 0) is 97.1 Å². The third-order valence-electron chi connectivity index (χ3n) is 7.44. The number of rotatable bonds is 16. The first-order chi connectivity index (χ1) is 24.9. The third-order valence-corrected chi connectivity index (χ3v) is 7.97. The summed E-state index contributed by atoms with van der Waals surface area (Å²) in [6.07, 6.45) is 1.00. The molecule has 2 atom stereocenters. The van der Waals surface area contributed by atoms with E-state index in [1.807, 2.05) is 42.5 Å². The molecule has 14 heteroatoms. The summed E-state index contributed by atoms with van der Waals surface area (Å²) in [5, 5.41) is 26.3. The van der Waals surface area contributed by atoms with E-state index in [4.69, 9.17) is 21.3 Å². The monoisotopic (exact) mass is 775 g/mol. The van der Waals surface area contributed by atoms with E-state index in [0.29, 0.717) is 49.2 Å². The Balaban J connectivity index is 0.000000400. The van der Waals surface area contributed by atoms with E-state index < -0.39 is 42.2 Å². The van der Waals surface area contributed by atoms with Crippen LogP contribution in [-0.2, 0) is 25.8 Å². The van der Waals surface area contributed by atoms with Crippen LogP contribution in [0.5, 0.6) is 11.5 Å². The van der Waals surface area contributed by atoms with E-state index in [2.05, 4.69) is 44.0 Å². The van der Waals surface area contributed by atoms with Gasteiger partial charge in [0.1, 0.15) is 30.2 Å². The number of anilines is 1. The van der Waals surface area contributed by atoms with Crippen LogP contribution in [0.15, 0.2) is 102 Å². The minimum atomic E-state index is -1.44. The fourth-order valence-corrected chi connectivity index (χ4v) is 5.11. The lowest BCUT2D eigenvalue weighted by Crippen LogP contribution is -2.45. The van der Waals surface area contributed by atoms with Crippen molar-refractivity contribution in [3.05, 3.63) is 113 Å². The van der Waals surface area contributed by atoms with E-state index in [1.165, 1.54) is 42.8 Å². The standard InChI is InChI=1S/C25H31N5O7.C13H11BrO/c1-14(31)28-20(4-2-3-11-26)25(37)29-16-7-10-18(19(12-16)15-5-8-17(32)9-6-15)24(36)30-21(23(27)35)13-22(33)34;14-12-6-8-13(9-7-12)15-10-11-4-2-1-3-5-11/h5-10,12,20-21,32H,2-4,11,13,26H2,1H3,(H2,27,35)(H,28,31)(H,29,37)(H,30,36)(H,33,34);1-9H,10H2/t20-,21-;/m0./s1. The Hall–Kier alpha value is -5.73. The summed E-state index contributed by atoms with van der Waals surface area (Å²) in [4.78, 5) is 60.2. The number of carbonyl (C=O) groups excluding carboxylic acids is 4. The highest BCUT2D eigenvalue weighted by molar-refractivity contribution is 9.10. The second-order valence-corrected chi connectivity index (χ2v) is 12.5. The molecule has 0 spiro atoms. The van der Waals surface area contributed by atoms with Gasteiger partial charge in [0.2, 0.25) is 17.7 Å². The van der Waals surface area contributed by atoms with Crippen LogP contribution in [-0.4, -0.2) is 58.4 Å². The molecule has 4 aromatic rings. The minimum Gasteiger partial charge on any atom is -0.508 e. The lowest BCUT2D eigenvalue weighted by Gasteiger charge is -2.19. The van der Waals surface area contributed by atoms with E-state index in [1.54, 1.807) is 12.1 Å². The van der Waals surface area contributed by atoms with Gasteiger partial charge in [0, 0.05) is 22.6 Å². The minimum absolute atomic E-state index is 0.00918. The van der Waals surface area contributed by atoms with Crippen molar-refractivity contribution in [1.29, 1.82) is 0 Å². The number of unbranched alkanes of at least 4 members (excludes halogenated alkanes) is 1. The normalized spacial score (nSPS) is 11.5. The topological polar surface area (TPSA) is 223 Å². The average Bonchev–Trinajstić information content (AvgIpc) is 3.11. The van der Waals surface area contributed by atoms with E-state index in [-0.39, 0.29) is 17.2 Å². The lowest BCUT2D eigenvalue weighted by molar-refractivity contribution is -0.139. The number of primary amides is 1. The smallest absolute Gasteiger partial charge is 0.305 e. The van der Waals surface area contributed by atoms with Gasteiger partial charge in [-0.1, -0.05) is 58.4 Å². The number of aromatic hydroxyl groups is 1. The van der Waals surface area contributed by atoms with Gasteiger partial charge in [0.15, 0.2) is 0 Å². The number of nitrogens with two attached hydrogens (primary N) is 2. The van der Waals surface area contributed by atoms with Crippen LogP contribution in [0.3, 0.4) is 0 Å². The zero-order valence-corrected chi connectivity index (χ0v) is 30.1. The number of phenols is 1. The number of benzene rings is 4. The van der Waals surface area contributed by atoms with Crippen LogP contribution in [0.1, 0.15) is 48.5 Å². The number of aliphatic carboxylic acids is 1. The molecule has 0 fully saturated rings. The molecule has 13 nitrogen and oxygen atoms in total. The second kappa shape index (κ2) is 20.8. The molecule has 274 valence electrons. The summed E-state index contributed by atoms with van der Waals surface area (Å²) in [6, 6.07) is 26.0. The number of carboxylic acids is 1. The van der Waals surface area contributed by atoms with Crippen LogP contribution in [0.4, 0.5) is 5.69 Å². The molecule has 0 saturated heterocycles. The van der Waals surface area contributed by atoms with Crippen LogP contribution in [0.2, 0.25) is 0 Å². The second-order valence-electron chi connectivity index (χ2n) is 11.6. The molecule has 0 aromatic heterocycles. The van der Waals surface area contributed by atoms with Crippen molar-refractivity contribution < 1.29 is 38.9 Å². The largest absolute Gasteiger partial charge is 0.508 e. The van der Waals surface area contributed by atoms with Gasteiger partial charge < -0.3 is 42.4 Å². The van der Waals surface area contributed by atoms with Gasteiger partial charge in [0.05, 0.1) is 6.42 Å². The molecule has 52 heavy (non-hydrogen) atoms. The van der Waals surface area contributed by atoms with Gasteiger partial charge in [-0.15, -0.1) is 0 Å². The van der Waals surface area contributed by atoms with Crippen LogP contribution >= 0.6 is 15.9 Å². The Morgan fingerprint density at radius 3 is 2.12 bits per heavy atom. The molecule has 0 aliphatic carbocycles. The Labute approximate surface area is 309 Å². The van der Waals surface area contributed by atoms with Gasteiger partial charge in [-0.25, -0.2) is 0 Å². The average molecular weight is 777 g/mol. The molecule has 9 N–H and O–H groups in total. The number of carbonyl (C=O) groups is 5. The number of amides is 4. The number of carboxylic acid groups (broad SMARTS) is 1. The van der Waals surface area contributed by atoms with Crippen molar-refractivity contribution in [2.45, 2.75) is 51.3 Å². The Kier molecular flexibility index (Phi) is 16.3. The number of halogens is 1. The summed E-state index contributed by atoms with van der Waals surface area (Å²) in [7, 11) is 0. The molecule has 0 saturated carbocycles. The molecule has 0 radical (unpaired) electrons. The molecule has 0 bridgehead atoms. The molecule has 0 unspecified atom stereocenters. The molecule has 4 aromatic carbocycles. The summed E-state index contributed by atoms with van der Waals surface area (Å²) >= 11 is 3.39. The number of hydrogen-bond donors (Lipinski definition) is 7. The predicted molar refractivity (Wildman–Crippen MR) is 200 cm³/mol. The highest BCUT2D eigenvalue weighted by Crippen LogP contribution is 2.29. The first kappa shape index (κ1) is 40.7. The van der Waals surface area contributed by atoms with Crippen molar-refractivity contribution in [3.63, 3.8) is 0 Å². The van der Waals surface area contributed by atoms with Crippen LogP contribution < -0.4 is 32.2 Å². The molecular weight excluding hydrogens is 734 g/mol. The number of ether oxygens (including phenoxy) is 1. The molecule has 0 aliphatic rings. The summed E-state index contributed by atoms with van der Waals surface area (Å²) < 4.78 is 6.69. The summed E-state index contributed by atoms with van der Waals surface area (Å²) in [5.41, 5.74) is 13.1. The Bertz CT molecular complexity index is 1800. The Morgan fingerprint density at radius 1 is 0.846 bits per heavy atom. The molecule has 4 rings (SSSR count). The first-order valence-corrected chi connectivity index (χ1v) is 17.1.